The van der Waals surface area contributed by atoms with Crippen molar-refractivity contribution in [2.45, 2.75) is 24.8 Å². The fraction of sp³-hybridized carbons (Fsp3) is 0.350. The Bertz CT molecular complexity index is 853. The van der Waals surface area contributed by atoms with Crippen molar-refractivity contribution in [3.8, 4) is 11.5 Å². The van der Waals surface area contributed by atoms with Crippen molar-refractivity contribution in [2.75, 3.05) is 20.8 Å². The first-order valence-electron chi connectivity index (χ1n) is 8.68. The van der Waals surface area contributed by atoms with Gasteiger partial charge in [0.15, 0.2) is 17.5 Å². The molecule has 0 heterocycles. The van der Waals surface area contributed by atoms with Crippen molar-refractivity contribution in [1.29, 1.82) is 0 Å². The lowest BCUT2D eigenvalue weighted by molar-refractivity contribution is 0.354. The molecule has 2 aromatic carbocycles. The number of ether oxygens (including phenoxy) is 2. The van der Waals surface area contributed by atoms with Gasteiger partial charge in [-0.25, -0.2) is 9.38 Å². The van der Waals surface area contributed by atoms with E-state index >= 15 is 0 Å². The fourth-order valence-electron chi connectivity index (χ4n) is 3.08. The van der Waals surface area contributed by atoms with Crippen LogP contribution in [0.4, 0.5) is 4.39 Å². The van der Waals surface area contributed by atoms with Gasteiger partial charge in [-0.2, -0.15) is 0 Å². The summed E-state index contributed by atoms with van der Waals surface area (Å²) in [5, 5.41) is 3.62. The molecule has 0 aliphatic heterocycles. The van der Waals surface area contributed by atoms with Gasteiger partial charge in [-0.05, 0) is 48.2 Å². The predicted molar refractivity (Wildman–Crippen MR) is 105 cm³/mol. The summed E-state index contributed by atoms with van der Waals surface area (Å²) in [7, 11) is 3.19. The third-order valence-electron chi connectivity index (χ3n) is 4.84. The number of rotatable bonds is 7. The van der Waals surface area contributed by atoms with Crippen molar-refractivity contribution in [3.63, 3.8) is 0 Å². The third kappa shape index (κ3) is 4.45. The van der Waals surface area contributed by atoms with Crippen LogP contribution in [-0.4, -0.2) is 26.7 Å². The van der Waals surface area contributed by atoms with E-state index in [0.29, 0.717) is 35.6 Å². The molecule has 0 unspecified atom stereocenters. The summed E-state index contributed by atoms with van der Waals surface area (Å²) in [6.07, 6.45) is 1.96. The van der Waals surface area contributed by atoms with Gasteiger partial charge >= 0.3 is 0 Å². The molecule has 3 rings (SSSR count). The van der Waals surface area contributed by atoms with E-state index < -0.39 is 0 Å². The highest BCUT2D eigenvalue weighted by molar-refractivity contribution is 6.31. The number of aliphatic imine (C=N–C) groups is 1. The molecule has 0 radical (unpaired) electrons. The van der Waals surface area contributed by atoms with Gasteiger partial charge in [-0.3, -0.25) is 0 Å². The van der Waals surface area contributed by atoms with Crippen LogP contribution >= 0.6 is 11.6 Å². The highest BCUT2D eigenvalue weighted by Gasteiger charge is 2.45. The van der Waals surface area contributed by atoms with Crippen LogP contribution in [0.3, 0.4) is 0 Å². The van der Waals surface area contributed by atoms with Crippen molar-refractivity contribution in [3.05, 3.63) is 58.4 Å². The van der Waals surface area contributed by atoms with E-state index in [1.165, 1.54) is 12.1 Å². The lowest BCUT2D eigenvalue weighted by atomic mass is 9.96. The molecule has 1 saturated carbocycles. The van der Waals surface area contributed by atoms with Crippen molar-refractivity contribution in [2.24, 2.45) is 10.7 Å². The predicted octanol–water partition coefficient (Wildman–Crippen LogP) is 3.63. The molecule has 0 spiro atoms. The Morgan fingerprint density at radius 2 is 1.93 bits per heavy atom. The molecular weight excluding hydrogens is 369 g/mol. The zero-order valence-corrected chi connectivity index (χ0v) is 16.1. The Hall–Kier alpha value is -2.47. The molecule has 144 valence electrons. The van der Waals surface area contributed by atoms with Crippen molar-refractivity contribution in [1.82, 2.24) is 5.32 Å². The average Bonchev–Trinajstić information content (AvgIpc) is 3.45. The van der Waals surface area contributed by atoms with Crippen LogP contribution in [-0.2, 0) is 12.0 Å². The molecule has 0 bridgehead atoms. The molecule has 2 aromatic rings. The van der Waals surface area contributed by atoms with Crippen LogP contribution in [0.2, 0.25) is 5.02 Å². The maximum absolute atomic E-state index is 13.3. The SMILES string of the molecule is COc1ccc(CN=C(N)NCC2(c3ccc(F)cc3Cl)CC2)cc1OC. The quantitative estimate of drug-likeness (QED) is 0.558. The lowest BCUT2D eigenvalue weighted by Crippen LogP contribution is -2.37. The maximum Gasteiger partial charge on any atom is 0.188 e. The van der Waals surface area contributed by atoms with Gasteiger partial charge in [0.1, 0.15) is 5.82 Å². The number of guanidine groups is 1. The highest BCUT2D eigenvalue weighted by atomic mass is 35.5. The van der Waals surface area contributed by atoms with E-state index in [0.717, 1.165) is 24.0 Å². The summed E-state index contributed by atoms with van der Waals surface area (Å²) in [5.41, 5.74) is 7.82. The lowest BCUT2D eigenvalue weighted by Gasteiger charge is -2.18. The summed E-state index contributed by atoms with van der Waals surface area (Å²) in [5.74, 6) is 1.35. The minimum absolute atomic E-state index is 0.103. The summed E-state index contributed by atoms with van der Waals surface area (Å²) in [4.78, 5) is 4.38. The molecule has 5 nitrogen and oxygen atoms in total. The molecule has 0 amide bonds. The second-order valence-corrected chi connectivity index (χ2v) is 7.06. The number of methoxy groups -OCH3 is 2. The largest absolute Gasteiger partial charge is 0.493 e. The van der Waals surface area contributed by atoms with E-state index in [9.17, 15) is 4.39 Å². The van der Waals surface area contributed by atoms with Crippen LogP contribution < -0.4 is 20.5 Å². The first-order chi connectivity index (χ1) is 13.0. The number of benzene rings is 2. The molecular formula is C20H23ClFN3O2. The molecule has 27 heavy (non-hydrogen) atoms. The Morgan fingerprint density at radius 3 is 2.56 bits per heavy atom. The number of nitrogens with zero attached hydrogens (tertiary/aromatic N) is 1. The van der Waals surface area contributed by atoms with Crippen LogP contribution in [0, 0.1) is 5.82 Å². The van der Waals surface area contributed by atoms with Crippen LogP contribution in [0.15, 0.2) is 41.4 Å². The van der Waals surface area contributed by atoms with Gasteiger partial charge in [0.05, 0.1) is 20.8 Å². The van der Waals surface area contributed by atoms with E-state index in [1.807, 2.05) is 18.2 Å². The molecule has 1 aliphatic rings. The number of nitrogens with one attached hydrogen (secondary N) is 1. The van der Waals surface area contributed by atoms with E-state index in [2.05, 4.69) is 10.3 Å². The van der Waals surface area contributed by atoms with Crippen LogP contribution in [0.25, 0.3) is 0 Å². The molecule has 3 N–H and O–H groups in total. The summed E-state index contributed by atoms with van der Waals surface area (Å²) < 4.78 is 23.8. The molecule has 0 atom stereocenters. The Balaban J connectivity index is 1.61. The smallest absolute Gasteiger partial charge is 0.188 e. The van der Waals surface area contributed by atoms with Gasteiger partial charge in [-0.15, -0.1) is 0 Å². The monoisotopic (exact) mass is 391 g/mol. The summed E-state index contributed by atoms with van der Waals surface area (Å²) >= 11 is 6.21. The second kappa shape index (κ2) is 8.05. The topological polar surface area (TPSA) is 68.9 Å². The van der Waals surface area contributed by atoms with E-state index in [1.54, 1.807) is 20.3 Å². The number of nitrogens with two attached hydrogens (primary N) is 1. The first-order valence-corrected chi connectivity index (χ1v) is 9.05. The standard InChI is InChI=1S/C20H23ClFN3O2/c1-26-17-6-3-13(9-18(17)27-2)11-24-19(23)25-12-20(7-8-20)15-5-4-14(22)10-16(15)21/h3-6,9-10H,7-8,11-12H2,1-2H3,(H3,23,24,25). The molecule has 1 aliphatic carbocycles. The average molecular weight is 392 g/mol. The van der Waals surface area contributed by atoms with Crippen molar-refractivity contribution >= 4 is 17.6 Å². The van der Waals surface area contributed by atoms with Gasteiger partial charge in [-0.1, -0.05) is 23.7 Å². The summed E-state index contributed by atoms with van der Waals surface area (Å²) in [6.45, 7) is 1.03. The fourth-order valence-corrected chi connectivity index (χ4v) is 3.45. The number of halogens is 2. The molecule has 0 aromatic heterocycles. The minimum Gasteiger partial charge on any atom is -0.493 e. The van der Waals surface area contributed by atoms with Gasteiger partial charge in [0, 0.05) is 17.0 Å². The first kappa shape index (κ1) is 19.3. The van der Waals surface area contributed by atoms with Gasteiger partial charge in [0.2, 0.25) is 0 Å². The molecule has 7 heteroatoms. The van der Waals surface area contributed by atoms with E-state index in [-0.39, 0.29) is 11.2 Å². The zero-order chi connectivity index (χ0) is 19.4. The second-order valence-electron chi connectivity index (χ2n) is 6.65. The number of hydrogen-bond acceptors (Lipinski definition) is 3. The Kier molecular flexibility index (Phi) is 5.75. The van der Waals surface area contributed by atoms with Crippen LogP contribution in [0.1, 0.15) is 24.0 Å². The highest BCUT2D eigenvalue weighted by Crippen LogP contribution is 2.50. The van der Waals surface area contributed by atoms with Gasteiger partial charge in [0.25, 0.3) is 0 Å². The number of hydrogen-bond donors (Lipinski definition) is 2. The van der Waals surface area contributed by atoms with Crippen LogP contribution in [0.5, 0.6) is 11.5 Å². The Labute approximate surface area is 163 Å². The maximum atomic E-state index is 13.3. The molecule has 1 fully saturated rings. The Morgan fingerprint density at radius 1 is 1.19 bits per heavy atom. The van der Waals surface area contributed by atoms with Gasteiger partial charge < -0.3 is 20.5 Å². The third-order valence-corrected chi connectivity index (χ3v) is 5.16. The van der Waals surface area contributed by atoms with Crippen molar-refractivity contribution < 1.29 is 13.9 Å². The normalized spacial score (nSPS) is 15.3. The molecule has 0 saturated heterocycles. The van der Waals surface area contributed by atoms with E-state index in [4.69, 9.17) is 26.8 Å². The zero-order valence-electron chi connectivity index (χ0n) is 15.4. The minimum atomic E-state index is -0.330. The summed E-state index contributed by atoms with van der Waals surface area (Å²) in [6, 6.07) is 10.2.